The molecule has 0 unspecified atom stereocenters. The molecule has 3 heterocycles. The molecule has 12 heteroatoms. The molecule has 12 nitrogen and oxygen atoms in total. The summed E-state index contributed by atoms with van der Waals surface area (Å²) in [6.45, 7) is 16.1. The molecule has 0 aliphatic carbocycles. The normalized spacial score (nSPS) is 13.9. The lowest BCUT2D eigenvalue weighted by molar-refractivity contribution is -0.118. The molecule has 2 aromatic carbocycles. The average Bonchev–Trinajstić information content (AvgIpc) is 3.10. The number of benzene rings is 2. The first-order chi connectivity index (χ1) is 25.1. The van der Waals surface area contributed by atoms with Crippen LogP contribution in [0.5, 0.6) is 0 Å². The van der Waals surface area contributed by atoms with Crippen molar-refractivity contribution in [1.29, 1.82) is 0 Å². The first-order valence-electron chi connectivity index (χ1n) is 17.9. The molecule has 53 heavy (non-hydrogen) atoms. The van der Waals surface area contributed by atoms with E-state index in [9.17, 15) is 14.4 Å². The van der Waals surface area contributed by atoms with Crippen LogP contribution in [0.15, 0.2) is 85.2 Å². The molecule has 3 N–H and O–H groups in total. The van der Waals surface area contributed by atoms with Gasteiger partial charge in [0.25, 0.3) is 0 Å². The molecule has 0 spiro atoms. The van der Waals surface area contributed by atoms with Gasteiger partial charge in [-0.2, -0.15) is 0 Å². The van der Waals surface area contributed by atoms with Gasteiger partial charge in [-0.05, 0) is 98.2 Å². The Bertz CT molecular complexity index is 1860. The van der Waals surface area contributed by atoms with Gasteiger partial charge in [0.15, 0.2) is 0 Å². The van der Waals surface area contributed by atoms with Crippen LogP contribution < -0.4 is 20.9 Å². The van der Waals surface area contributed by atoms with E-state index in [0.717, 1.165) is 33.8 Å². The number of ether oxygens (including phenoxy) is 2. The predicted octanol–water partition coefficient (Wildman–Crippen LogP) is 7.92. The second kappa shape index (κ2) is 16.8. The van der Waals surface area contributed by atoms with Crippen LogP contribution in [0.4, 0.5) is 32.6 Å². The number of carbonyl (C=O) groups is 3. The van der Waals surface area contributed by atoms with Gasteiger partial charge in [-0.3, -0.25) is 4.79 Å². The summed E-state index contributed by atoms with van der Waals surface area (Å²) in [7, 11) is 0. The standard InChI is InChI=1S/C41H51N7O5/c1-28-23-31(45-37(49)34(25-40(2,3)4)46-38(50)53-41(5,6)7)13-15-33(28)30-17-18-42-35(24-30)44-32-14-16-36(43-26-32)47-19-21-48(22-20-47)39(51)52-27-29-11-9-8-10-12-29/h8-18,23-24,26,34H,19-22,25,27H2,1-7H3,(H,42,44)(H,45,49)(H,46,50)/t34-/m1/s1. The number of anilines is 4. The number of nitrogens with one attached hydrogen (secondary N) is 3. The Balaban J connectivity index is 1.16. The fraction of sp³-hybridized carbons (Fsp3) is 0.390. The fourth-order valence-corrected chi connectivity index (χ4v) is 5.96. The topological polar surface area (TPSA) is 138 Å². The highest BCUT2D eigenvalue weighted by Gasteiger charge is 2.29. The maximum absolute atomic E-state index is 13.4. The molecular formula is C41H51N7O5. The van der Waals surface area contributed by atoms with Crippen molar-refractivity contribution in [2.75, 3.05) is 41.7 Å². The SMILES string of the molecule is Cc1cc(NC(=O)[C@@H](CC(C)(C)C)NC(=O)OC(C)(C)C)ccc1-c1ccnc(Nc2ccc(N3CCN(C(=O)OCc4ccccc4)CC3)nc2)c1. The second-order valence-corrected chi connectivity index (χ2v) is 15.5. The minimum atomic E-state index is -0.770. The van der Waals surface area contributed by atoms with Crippen LogP contribution in [0.2, 0.25) is 0 Å². The zero-order valence-electron chi connectivity index (χ0n) is 31.7. The van der Waals surface area contributed by atoms with Crippen molar-refractivity contribution in [2.45, 2.75) is 73.1 Å². The third kappa shape index (κ3) is 11.7. The lowest BCUT2D eigenvalue weighted by Crippen LogP contribution is -2.49. The number of amides is 3. The lowest BCUT2D eigenvalue weighted by atomic mass is 9.87. The van der Waals surface area contributed by atoms with Crippen molar-refractivity contribution < 1.29 is 23.9 Å². The molecule has 1 fully saturated rings. The molecule has 5 rings (SSSR count). The molecule has 0 radical (unpaired) electrons. The fourth-order valence-electron chi connectivity index (χ4n) is 5.96. The van der Waals surface area contributed by atoms with Crippen molar-refractivity contribution in [2.24, 2.45) is 5.41 Å². The Morgan fingerprint density at radius 3 is 2.21 bits per heavy atom. The second-order valence-electron chi connectivity index (χ2n) is 15.5. The third-order valence-electron chi connectivity index (χ3n) is 8.48. The lowest BCUT2D eigenvalue weighted by Gasteiger charge is -2.34. The van der Waals surface area contributed by atoms with E-state index in [-0.39, 0.29) is 24.0 Å². The molecule has 1 saturated heterocycles. The summed E-state index contributed by atoms with van der Waals surface area (Å²) >= 11 is 0. The van der Waals surface area contributed by atoms with E-state index in [2.05, 4.69) is 30.8 Å². The summed E-state index contributed by atoms with van der Waals surface area (Å²) in [4.78, 5) is 51.5. The highest BCUT2D eigenvalue weighted by atomic mass is 16.6. The maximum atomic E-state index is 13.4. The summed E-state index contributed by atoms with van der Waals surface area (Å²) in [5.41, 5.74) is 4.41. The molecule has 1 aliphatic heterocycles. The monoisotopic (exact) mass is 721 g/mol. The van der Waals surface area contributed by atoms with Gasteiger partial charge in [0.1, 0.15) is 29.9 Å². The number of aryl methyl sites for hydroxylation is 1. The summed E-state index contributed by atoms with van der Waals surface area (Å²) in [5, 5.41) is 9.07. The molecule has 0 saturated carbocycles. The van der Waals surface area contributed by atoms with Crippen LogP contribution in [-0.4, -0.2) is 70.8 Å². The van der Waals surface area contributed by atoms with E-state index >= 15 is 0 Å². The molecule has 2 aromatic heterocycles. The number of carbonyl (C=O) groups excluding carboxylic acids is 3. The van der Waals surface area contributed by atoms with E-state index in [4.69, 9.17) is 9.47 Å². The summed E-state index contributed by atoms with van der Waals surface area (Å²) in [5.74, 6) is 1.19. The smallest absolute Gasteiger partial charge is 0.410 e. The summed E-state index contributed by atoms with van der Waals surface area (Å²) < 4.78 is 10.9. The van der Waals surface area contributed by atoms with E-state index in [0.29, 0.717) is 44.1 Å². The highest BCUT2D eigenvalue weighted by Crippen LogP contribution is 2.29. The van der Waals surface area contributed by atoms with Crippen LogP contribution in [0.1, 0.15) is 59.1 Å². The van der Waals surface area contributed by atoms with E-state index in [1.54, 1.807) is 38.1 Å². The van der Waals surface area contributed by atoms with Crippen LogP contribution in [0.3, 0.4) is 0 Å². The quantitative estimate of drug-likeness (QED) is 0.149. The van der Waals surface area contributed by atoms with Gasteiger partial charge in [-0.1, -0.05) is 57.2 Å². The van der Waals surface area contributed by atoms with E-state index in [1.807, 2.05) is 100 Å². The summed E-state index contributed by atoms with van der Waals surface area (Å²) in [6.07, 6.45) is 3.03. The van der Waals surface area contributed by atoms with Crippen molar-refractivity contribution in [3.63, 3.8) is 0 Å². The highest BCUT2D eigenvalue weighted by molar-refractivity contribution is 5.97. The van der Waals surface area contributed by atoms with E-state index < -0.39 is 17.7 Å². The van der Waals surface area contributed by atoms with E-state index in [1.165, 1.54) is 0 Å². The van der Waals surface area contributed by atoms with Crippen LogP contribution in [-0.2, 0) is 20.9 Å². The van der Waals surface area contributed by atoms with Gasteiger partial charge in [0.05, 0.1) is 11.9 Å². The number of nitrogens with zero attached hydrogens (tertiary/aromatic N) is 4. The zero-order valence-corrected chi connectivity index (χ0v) is 31.7. The molecule has 1 aliphatic rings. The molecule has 3 amide bonds. The van der Waals surface area contributed by atoms with Gasteiger partial charge in [-0.25, -0.2) is 19.6 Å². The Kier molecular flexibility index (Phi) is 12.2. The minimum Gasteiger partial charge on any atom is -0.445 e. The Hall–Kier alpha value is -5.65. The van der Waals surface area contributed by atoms with Gasteiger partial charge in [0.2, 0.25) is 5.91 Å². The minimum absolute atomic E-state index is 0.209. The average molecular weight is 722 g/mol. The van der Waals surface area contributed by atoms with Crippen molar-refractivity contribution in [1.82, 2.24) is 20.2 Å². The number of pyridine rings is 2. The number of alkyl carbamates (subject to hydrolysis) is 1. The van der Waals surface area contributed by atoms with Crippen molar-refractivity contribution >= 4 is 41.1 Å². The molecule has 4 aromatic rings. The molecule has 1 atom stereocenters. The number of hydrogen-bond acceptors (Lipinski definition) is 9. The number of rotatable bonds is 10. The number of aromatic nitrogens is 2. The Morgan fingerprint density at radius 2 is 1.57 bits per heavy atom. The van der Waals surface area contributed by atoms with Crippen LogP contribution in [0.25, 0.3) is 11.1 Å². The van der Waals surface area contributed by atoms with Gasteiger partial charge >= 0.3 is 12.2 Å². The Labute approximate surface area is 312 Å². The number of hydrogen-bond donors (Lipinski definition) is 3. The van der Waals surface area contributed by atoms with Gasteiger partial charge in [0, 0.05) is 38.1 Å². The summed E-state index contributed by atoms with van der Waals surface area (Å²) in [6, 6.07) is 22.5. The Morgan fingerprint density at radius 1 is 0.849 bits per heavy atom. The first-order valence-corrected chi connectivity index (χ1v) is 17.9. The van der Waals surface area contributed by atoms with Gasteiger partial charge < -0.3 is 35.2 Å². The first kappa shape index (κ1) is 38.6. The molecule has 280 valence electrons. The van der Waals surface area contributed by atoms with Gasteiger partial charge in [-0.15, -0.1) is 0 Å². The maximum Gasteiger partial charge on any atom is 0.410 e. The predicted molar refractivity (Wildman–Crippen MR) is 208 cm³/mol. The third-order valence-corrected chi connectivity index (χ3v) is 8.48. The van der Waals surface area contributed by atoms with Crippen molar-refractivity contribution in [3.05, 3.63) is 96.3 Å². The number of piperazine rings is 1. The van der Waals surface area contributed by atoms with Crippen LogP contribution >= 0.6 is 0 Å². The molecular weight excluding hydrogens is 670 g/mol. The molecule has 0 bridgehead atoms. The van der Waals surface area contributed by atoms with Crippen LogP contribution in [0, 0.1) is 12.3 Å². The van der Waals surface area contributed by atoms with Crippen molar-refractivity contribution in [3.8, 4) is 11.1 Å². The zero-order chi connectivity index (χ0) is 38.2. The largest absolute Gasteiger partial charge is 0.445 e.